The third-order valence-corrected chi connectivity index (χ3v) is 10.5. The zero-order valence-corrected chi connectivity index (χ0v) is 32.3. The summed E-state index contributed by atoms with van der Waals surface area (Å²) >= 11 is 0. The summed E-state index contributed by atoms with van der Waals surface area (Å²) < 4.78 is 2.23. The molecule has 0 aliphatic carbocycles. The van der Waals surface area contributed by atoms with E-state index in [0.29, 0.717) is 0 Å². The Bertz CT molecular complexity index is 2440. The van der Waals surface area contributed by atoms with Crippen LogP contribution in [-0.2, 0) is 21.1 Å². The molecule has 0 unspecified atom stereocenters. The third kappa shape index (κ3) is 5.94. The Balaban J connectivity index is 0.00000406. The minimum absolute atomic E-state index is 0. The molecule has 2 aromatic heterocycles. The molecular formula is C45H40N5Pt-3. The summed E-state index contributed by atoms with van der Waals surface area (Å²) in [6, 6.07) is 37.0. The normalized spacial score (nSPS) is 12.6. The molecular weight excluding hydrogens is 806 g/mol. The number of aryl methyl sites for hydroxylation is 2. The van der Waals surface area contributed by atoms with Crippen molar-refractivity contribution in [2.75, 3.05) is 15.1 Å². The van der Waals surface area contributed by atoms with Crippen LogP contribution in [0.2, 0.25) is 0 Å². The standard InChI is InChI=1S/C45H40N5.Pt/c1-28-12-10-13-29(2)44(28)35-20-21-46-43(24-35)50-41-17-9-8-16-39(41)40-19-18-37(26-42(40)50)47-36-14-11-15-38(25-36)48-22-23-49(27-48)45-33(6)31(4)30(3)32(5)34(45)7;/h8-24,27,47H,1-7H3;/q-3;. The summed E-state index contributed by atoms with van der Waals surface area (Å²) in [6.07, 6.45) is 6.13. The first-order chi connectivity index (χ1) is 24.2. The van der Waals surface area contributed by atoms with Crippen LogP contribution < -0.4 is 15.1 Å². The maximum Gasteiger partial charge on any atom is 0.136 e. The molecule has 258 valence electrons. The second kappa shape index (κ2) is 13.5. The fraction of sp³-hybridized carbons (Fsp3) is 0.156. The van der Waals surface area contributed by atoms with Crippen molar-refractivity contribution in [1.82, 2.24) is 9.55 Å². The Morgan fingerprint density at radius 1 is 0.627 bits per heavy atom. The van der Waals surface area contributed by atoms with Crippen molar-refractivity contribution in [2.45, 2.75) is 48.5 Å². The van der Waals surface area contributed by atoms with Gasteiger partial charge < -0.3 is 19.7 Å². The van der Waals surface area contributed by atoms with E-state index < -0.39 is 0 Å². The number of hydrogen-bond donors (Lipinski definition) is 1. The summed E-state index contributed by atoms with van der Waals surface area (Å²) in [5.41, 5.74) is 17.6. The average molecular weight is 846 g/mol. The number of benzene rings is 5. The van der Waals surface area contributed by atoms with Crippen LogP contribution in [0.15, 0.2) is 104 Å². The molecule has 0 amide bonds. The number of rotatable bonds is 6. The molecule has 1 N–H and O–H groups in total. The van der Waals surface area contributed by atoms with E-state index in [1.54, 1.807) is 0 Å². The first-order valence-corrected chi connectivity index (χ1v) is 17.1. The molecule has 51 heavy (non-hydrogen) atoms. The van der Waals surface area contributed by atoms with E-state index in [9.17, 15) is 0 Å². The van der Waals surface area contributed by atoms with Crippen LogP contribution in [-0.4, -0.2) is 9.55 Å². The maximum absolute atomic E-state index is 4.89. The van der Waals surface area contributed by atoms with Crippen LogP contribution in [0.25, 0.3) is 38.8 Å². The molecule has 8 rings (SSSR count). The van der Waals surface area contributed by atoms with Gasteiger partial charge in [0.1, 0.15) is 5.82 Å². The van der Waals surface area contributed by atoms with Gasteiger partial charge in [-0.05, 0) is 135 Å². The van der Waals surface area contributed by atoms with Gasteiger partial charge in [0, 0.05) is 38.5 Å². The predicted molar refractivity (Wildman–Crippen MR) is 209 cm³/mol. The molecule has 0 saturated carbocycles. The Kier molecular flexibility index (Phi) is 9.12. The van der Waals surface area contributed by atoms with Crippen LogP contribution in [0.1, 0.15) is 38.9 Å². The second-order valence-electron chi connectivity index (χ2n) is 13.4. The van der Waals surface area contributed by atoms with E-state index in [2.05, 4.69) is 178 Å². The number of fused-ring (bicyclic) bond motifs is 3. The molecule has 0 spiro atoms. The number of nitrogens with zero attached hydrogens (tertiary/aromatic N) is 4. The predicted octanol–water partition coefficient (Wildman–Crippen LogP) is 11.3. The third-order valence-electron chi connectivity index (χ3n) is 10.5. The Labute approximate surface area is 315 Å². The van der Waals surface area contributed by atoms with Gasteiger partial charge in [0.25, 0.3) is 0 Å². The van der Waals surface area contributed by atoms with E-state index in [-0.39, 0.29) is 21.1 Å². The number of nitrogens with one attached hydrogen (secondary N) is 1. The molecule has 0 fully saturated rings. The number of para-hydroxylation sites is 1. The van der Waals surface area contributed by atoms with Crippen LogP contribution in [0, 0.1) is 67.3 Å². The van der Waals surface area contributed by atoms with Crippen molar-refractivity contribution in [3.05, 3.63) is 161 Å². The fourth-order valence-electron chi connectivity index (χ4n) is 7.49. The first-order valence-electron chi connectivity index (χ1n) is 17.1. The molecule has 1 aliphatic rings. The van der Waals surface area contributed by atoms with Crippen molar-refractivity contribution >= 4 is 44.6 Å². The van der Waals surface area contributed by atoms with Crippen LogP contribution in [0.3, 0.4) is 0 Å². The van der Waals surface area contributed by atoms with E-state index >= 15 is 0 Å². The van der Waals surface area contributed by atoms with Gasteiger partial charge >= 0.3 is 0 Å². The van der Waals surface area contributed by atoms with Crippen molar-refractivity contribution in [1.29, 1.82) is 0 Å². The van der Waals surface area contributed by atoms with Crippen molar-refractivity contribution < 1.29 is 21.1 Å². The summed E-state index contributed by atoms with van der Waals surface area (Å²) in [7, 11) is 0. The molecule has 0 radical (unpaired) electrons. The monoisotopic (exact) mass is 845 g/mol. The number of anilines is 4. The molecule has 5 nitrogen and oxygen atoms in total. The Morgan fingerprint density at radius 3 is 2.06 bits per heavy atom. The maximum atomic E-state index is 4.89. The molecule has 5 aromatic carbocycles. The number of hydrogen-bond acceptors (Lipinski definition) is 4. The van der Waals surface area contributed by atoms with E-state index in [1.165, 1.54) is 55.6 Å². The van der Waals surface area contributed by atoms with E-state index in [1.807, 2.05) is 12.3 Å². The summed E-state index contributed by atoms with van der Waals surface area (Å²) in [6.45, 7) is 17.6. The van der Waals surface area contributed by atoms with Crippen LogP contribution >= 0.6 is 0 Å². The zero-order chi connectivity index (χ0) is 34.7. The van der Waals surface area contributed by atoms with Gasteiger partial charge in [0.05, 0.1) is 0 Å². The van der Waals surface area contributed by atoms with Gasteiger partial charge in [0.15, 0.2) is 0 Å². The van der Waals surface area contributed by atoms with E-state index in [0.717, 1.165) is 44.9 Å². The van der Waals surface area contributed by atoms with Crippen LogP contribution in [0.5, 0.6) is 0 Å². The Hall–Kier alpha value is -5.12. The number of aromatic nitrogens is 2. The fourth-order valence-corrected chi connectivity index (χ4v) is 7.49. The minimum Gasteiger partial charge on any atom is -0.500 e. The van der Waals surface area contributed by atoms with Gasteiger partial charge in [-0.3, -0.25) is 0 Å². The van der Waals surface area contributed by atoms with Crippen molar-refractivity contribution in [3.8, 4) is 16.9 Å². The van der Waals surface area contributed by atoms with Gasteiger partial charge in [-0.2, -0.15) is 12.1 Å². The van der Waals surface area contributed by atoms with Gasteiger partial charge in [-0.25, -0.2) is 4.98 Å². The molecule has 1 aliphatic heterocycles. The van der Waals surface area contributed by atoms with Gasteiger partial charge in [0.2, 0.25) is 0 Å². The molecule has 0 saturated heterocycles. The Morgan fingerprint density at radius 2 is 1.29 bits per heavy atom. The molecule has 6 heteroatoms. The molecule has 3 heterocycles. The SMILES string of the molecule is Cc1cccc(C)c1-c1ccnc(-n2c3[c-]c(Nc4[c-]c(N5C=CN(c6c(C)c(C)c(C)c(C)c6C)[CH-]5)ccc4)ccc3c3ccccc32)c1.[Pt]. The van der Waals surface area contributed by atoms with E-state index in [4.69, 9.17) is 4.98 Å². The first kappa shape index (κ1) is 34.3. The smallest absolute Gasteiger partial charge is 0.136 e. The van der Waals surface area contributed by atoms with Crippen molar-refractivity contribution in [2.24, 2.45) is 0 Å². The van der Waals surface area contributed by atoms with Gasteiger partial charge in [-0.1, -0.05) is 53.3 Å². The summed E-state index contributed by atoms with van der Waals surface area (Å²) in [5, 5.41) is 5.90. The summed E-state index contributed by atoms with van der Waals surface area (Å²) in [4.78, 5) is 9.23. The molecule has 7 aromatic rings. The minimum atomic E-state index is 0. The topological polar surface area (TPSA) is 36.3 Å². The second-order valence-corrected chi connectivity index (χ2v) is 13.4. The molecule has 0 atom stereocenters. The number of pyridine rings is 1. The van der Waals surface area contributed by atoms with Crippen molar-refractivity contribution in [3.63, 3.8) is 0 Å². The largest absolute Gasteiger partial charge is 0.500 e. The van der Waals surface area contributed by atoms with Gasteiger partial charge in [-0.15, -0.1) is 48.1 Å². The van der Waals surface area contributed by atoms with Crippen LogP contribution in [0.4, 0.5) is 22.7 Å². The summed E-state index contributed by atoms with van der Waals surface area (Å²) in [5.74, 6) is 0.865. The average Bonchev–Trinajstić information content (AvgIpc) is 3.73. The zero-order valence-electron chi connectivity index (χ0n) is 30.0. The quantitative estimate of drug-likeness (QED) is 0.169. The molecule has 0 bridgehead atoms.